The first kappa shape index (κ1) is 9.65. The molecule has 1 aliphatic rings. The van der Waals surface area contributed by atoms with Crippen molar-refractivity contribution in [3.63, 3.8) is 0 Å². The number of rotatable bonds is 5. The standard InChI is InChI=1S/C10H17N3O/c1-8(10(2)4-5-10)11-6-3-9-12-7-13-14-9/h7-8,11H,3-6H2,1-2H3. The second-order valence-electron chi connectivity index (χ2n) is 4.41. The molecule has 1 atom stereocenters. The molecule has 4 nitrogen and oxygen atoms in total. The molecule has 0 aliphatic heterocycles. The Bertz CT molecular complexity index is 280. The van der Waals surface area contributed by atoms with Crippen LogP contribution >= 0.6 is 0 Å². The maximum absolute atomic E-state index is 4.92. The predicted molar refractivity (Wildman–Crippen MR) is 52.8 cm³/mol. The van der Waals surface area contributed by atoms with Gasteiger partial charge < -0.3 is 9.84 Å². The predicted octanol–water partition coefficient (Wildman–Crippen LogP) is 1.39. The first-order valence-electron chi connectivity index (χ1n) is 5.20. The lowest BCUT2D eigenvalue weighted by Crippen LogP contribution is -2.34. The topological polar surface area (TPSA) is 51.0 Å². The summed E-state index contributed by atoms with van der Waals surface area (Å²) in [5.41, 5.74) is 0.537. The van der Waals surface area contributed by atoms with Crippen molar-refractivity contribution in [2.45, 2.75) is 39.2 Å². The van der Waals surface area contributed by atoms with Crippen molar-refractivity contribution >= 4 is 0 Å². The van der Waals surface area contributed by atoms with Crippen molar-refractivity contribution < 1.29 is 4.52 Å². The summed E-state index contributed by atoms with van der Waals surface area (Å²) in [7, 11) is 0. The highest BCUT2D eigenvalue weighted by atomic mass is 16.5. The van der Waals surface area contributed by atoms with E-state index in [4.69, 9.17) is 4.52 Å². The van der Waals surface area contributed by atoms with Crippen molar-refractivity contribution in [3.8, 4) is 0 Å². The molecule has 4 heteroatoms. The monoisotopic (exact) mass is 195 g/mol. The van der Waals surface area contributed by atoms with Crippen LogP contribution in [-0.4, -0.2) is 22.7 Å². The van der Waals surface area contributed by atoms with E-state index in [1.807, 2.05) is 0 Å². The van der Waals surface area contributed by atoms with Crippen molar-refractivity contribution in [1.82, 2.24) is 15.5 Å². The minimum Gasteiger partial charge on any atom is -0.340 e. The van der Waals surface area contributed by atoms with Crippen LogP contribution < -0.4 is 5.32 Å². The molecule has 0 saturated heterocycles. The van der Waals surface area contributed by atoms with Crippen LogP contribution in [0.1, 0.15) is 32.6 Å². The zero-order valence-corrected chi connectivity index (χ0v) is 8.79. The zero-order valence-electron chi connectivity index (χ0n) is 8.79. The lowest BCUT2D eigenvalue weighted by atomic mass is 10.0. The average molecular weight is 195 g/mol. The maximum Gasteiger partial charge on any atom is 0.227 e. The smallest absolute Gasteiger partial charge is 0.227 e. The summed E-state index contributed by atoms with van der Waals surface area (Å²) in [6.45, 7) is 5.50. The van der Waals surface area contributed by atoms with Gasteiger partial charge in [-0.1, -0.05) is 12.1 Å². The van der Waals surface area contributed by atoms with Crippen LogP contribution in [0.2, 0.25) is 0 Å². The molecule has 1 N–H and O–H groups in total. The molecule has 0 spiro atoms. The van der Waals surface area contributed by atoms with Gasteiger partial charge in [0.15, 0.2) is 6.33 Å². The number of hydrogen-bond donors (Lipinski definition) is 1. The minimum absolute atomic E-state index is 0.537. The minimum atomic E-state index is 0.537. The molecular formula is C10H17N3O. The molecule has 1 aliphatic carbocycles. The molecule has 1 unspecified atom stereocenters. The normalized spacial score (nSPS) is 20.7. The molecule has 1 aromatic heterocycles. The third kappa shape index (κ3) is 2.12. The molecular weight excluding hydrogens is 178 g/mol. The van der Waals surface area contributed by atoms with Gasteiger partial charge in [0.1, 0.15) is 0 Å². The number of nitrogens with zero attached hydrogens (tertiary/aromatic N) is 2. The van der Waals surface area contributed by atoms with Gasteiger partial charge in [-0.3, -0.25) is 0 Å². The highest BCUT2D eigenvalue weighted by Gasteiger charge is 2.41. The second kappa shape index (κ2) is 3.69. The van der Waals surface area contributed by atoms with Crippen LogP contribution in [-0.2, 0) is 6.42 Å². The summed E-state index contributed by atoms with van der Waals surface area (Å²) in [5.74, 6) is 0.714. The molecule has 0 radical (unpaired) electrons. The van der Waals surface area contributed by atoms with E-state index < -0.39 is 0 Å². The molecule has 0 amide bonds. The number of nitrogens with one attached hydrogen (secondary N) is 1. The Kier molecular flexibility index (Phi) is 2.54. The van der Waals surface area contributed by atoms with Crippen molar-refractivity contribution in [1.29, 1.82) is 0 Å². The fourth-order valence-corrected chi connectivity index (χ4v) is 1.58. The average Bonchev–Trinajstić information content (AvgIpc) is 2.73. The summed E-state index contributed by atoms with van der Waals surface area (Å²) in [6.07, 6.45) is 4.96. The molecule has 78 valence electrons. The van der Waals surface area contributed by atoms with Crippen molar-refractivity contribution in [2.75, 3.05) is 6.54 Å². The highest BCUT2D eigenvalue weighted by Crippen LogP contribution is 2.47. The van der Waals surface area contributed by atoms with Crippen LogP contribution in [0.3, 0.4) is 0 Å². The van der Waals surface area contributed by atoms with Crippen LogP contribution in [0.4, 0.5) is 0 Å². The Balaban J connectivity index is 1.68. The first-order valence-corrected chi connectivity index (χ1v) is 5.20. The van der Waals surface area contributed by atoms with E-state index in [0.29, 0.717) is 17.3 Å². The van der Waals surface area contributed by atoms with Gasteiger partial charge in [0, 0.05) is 19.0 Å². The molecule has 0 bridgehead atoms. The van der Waals surface area contributed by atoms with Crippen LogP contribution in [0.15, 0.2) is 10.9 Å². The van der Waals surface area contributed by atoms with Crippen molar-refractivity contribution in [2.24, 2.45) is 5.41 Å². The van der Waals surface area contributed by atoms with E-state index in [2.05, 4.69) is 29.3 Å². The third-order valence-electron chi connectivity index (χ3n) is 3.28. The van der Waals surface area contributed by atoms with E-state index >= 15 is 0 Å². The third-order valence-corrected chi connectivity index (χ3v) is 3.28. The van der Waals surface area contributed by atoms with Gasteiger partial charge in [0.05, 0.1) is 0 Å². The molecule has 1 saturated carbocycles. The molecule has 0 aromatic carbocycles. The first-order chi connectivity index (χ1) is 6.71. The lowest BCUT2D eigenvalue weighted by molar-refractivity contribution is 0.352. The molecule has 1 heterocycles. The second-order valence-corrected chi connectivity index (χ2v) is 4.41. The van der Waals surface area contributed by atoms with E-state index in [1.165, 1.54) is 19.2 Å². The lowest BCUT2D eigenvalue weighted by Gasteiger charge is -2.19. The molecule has 1 aromatic rings. The fraction of sp³-hybridized carbons (Fsp3) is 0.800. The largest absolute Gasteiger partial charge is 0.340 e. The van der Waals surface area contributed by atoms with E-state index in [1.54, 1.807) is 0 Å². The number of hydrogen-bond acceptors (Lipinski definition) is 4. The molecule has 2 rings (SSSR count). The van der Waals surface area contributed by atoms with Gasteiger partial charge in [-0.05, 0) is 25.2 Å². The summed E-state index contributed by atoms with van der Waals surface area (Å²) >= 11 is 0. The Labute approximate surface area is 84.1 Å². The molecule has 14 heavy (non-hydrogen) atoms. The van der Waals surface area contributed by atoms with Gasteiger partial charge in [-0.15, -0.1) is 0 Å². The van der Waals surface area contributed by atoms with Crippen LogP contribution in [0.5, 0.6) is 0 Å². The van der Waals surface area contributed by atoms with Gasteiger partial charge >= 0.3 is 0 Å². The van der Waals surface area contributed by atoms with E-state index in [9.17, 15) is 0 Å². The Morgan fingerprint density at radius 1 is 1.64 bits per heavy atom. The Morgan fingerprint density at radius 2 is 2.43 bits per heavy atom. The zero-order chi connectivity index (χ0) is 10.0. The van der Waals surface area contributed by atoms with Gasteiger partial charge in [0.2, 0.25) is 5.89 Å². The molecule has 1 fully saturated rings. The number of aromatic nitrogens is 2. The van der Waals surface area contributed by atoms with Gasteiger partial charge in [-0.2, -0.15) is 4.98 Å². The maximum atomic E-state index is 4.92. The summed E-state index contributed by atoms with van der Waals surface area (Å²) in [5, 5.41) is 7.06. The van der Waals surface area contributed by atoms with Gasteiger partial charge in [-0.25, -0.2) is 0 Å². The fourth-order valence-electron chi connectivity index (χ4n) is 1.58. The summed E-state index contributed by atoms with van der Waals surface area (Å²) in [4.78, 5) is 3.97. The van der Waals surface area contributed by atoms with Crippen LogP contribution in [0.25, 0.3) is 0 Å². The Morgan fingerprint density at radius 3 is 3.00 bits per heavy atom. The Hall–Kier alpha value is -0.900. The SMILES string of the molecule is CC(NCCc1ncno1)C1(C)CC1. The van der Waals surface area contributed by atoms with Crippen molar-refractivity contribution in [3.05, 3.63) is 12.2 Å². The summed E-state index contributed by atoms with van der Waals surface area (Å²) < 4.78 is 4.92. The van der Waals surface area contributed by atoms with E-state index in [-0.39, 0.29) is 0 Å². The van der Waals surface area contributed by atoms with Crippen LogP contribution in [0, 0.1) is 5.41 Å². The van der Waals surface area contributed by atoms with Gasteiger partial charge in [0.25, 0.3) is 0 Å². The quantitative estimate of drug-likeness (QED) is 0.771. The highest BCUT2D eigenvalue weighted by molar-refractivity contribution is 4.96. The summed E-state index contributed by atoms with van der Waals surface area (Å²) in [6, 6.07) is 0.588. The van der Waals surface area contributed by atoms with E-state index in [0.717, 1.165) is 13.0 Å².